The number of aliphatic hydroxyl groups is 1. The van der Waals surface area contributed by atoms with E-state index in [9.17, 15) is 13.5 Å². The molecule has 7 nitrogen and oxygen atoms in total. The van der Waals surface area contributed by atoms with Gasteiger partial charge in [-0.1, -0.05) is 40.5 Å². The first-order valence-corrected chi connectivity index (χ1v) is 14.1. The summed E-state index contributed by atoms with van der Waals surface area (Å²) in [7, 11) is -3.85. The Kier molecular flexibility index (Phi) is 9.60. The lowest BCUT2D eigenvalue weighted by Gasteiger charge is -2.29. The van der Waals surface area contributed by atoms with Gasteiger partial charge in [0.25, 0.3) is 0 Å². The second kappa shape index (κ2) is 12.4. The maximum atomic E-state index is 13.8. The van der Waals surface area contributed by atoms with Crippen LogP contribution in [-0.2, 0) is 16.6 Å². The van der Waals surface area contributed by atoms with Crippen LogP contribution in [0, 0.1) is 0 Å². The Hall–Kier alpha value is -2.55. The number of rotatable bonds is 14. The van der Waals surface area contributed by atoms with Crippen molar-refractivity contribution in [3.63, 3.8) is 0 Å². The molecule has 2 aromatic carbocycles. The van der Waals surface area contributed by atoms with Gasteiger partial charge >= 0.3 is 0 Å². The van der Waals surface area contributed by atoms with E-state index >= 15 is 0 Å². The van der Waals surface area contributed by atoms with Gasteiger partial charge in [0.2, 0.25) is 10.0 Å². The third-order valence-electron chi connectivity index (χ3n) is 6.25. The molecule has 0 aliphatic rings. The summed E-state index contributed by atoms with van der Waals surface area (Å²) in [6.07, 6.45) is 5.85. The summed E-state index contributed by atoms with van der Waals surface area (Å²) in [6.45, 7) is 9.94. The number of nitrogens with zero attached hydrogens (tertiary/aromatic N) is 2. The van der Waals surface area contributed by atoms with Crippen molar-refractivity contribution in [1.82, 2.24) is 9.29 Å². The second-order valence-corrected chi connectivity index (χ2v) is 10.6. The third-order valence-corrected chi connectivity index (χ3v) is 8.30. The van der Waals surface area contributed by atoms with Crippen LogP contribution in [-0.4, -0.2) is 49.0 Å². The minimum Gasteiger partial charge on any atom is -0.454 e. The minimum atomic E-state index is -3.85. The highest BCUT2D eigenvalue weighted by Crippen LogP contribution is 2.41. The fourth-order valence-corrected chi connectivity index (χ4v) is 5.87. The maximum absolute atomic E-state index is 13.8. The van der Waals surface area contributed by atoms with E-state index in [2.05, 4.69) is 23.7 Å². The number of aromatic amines is 1. The number of sulfonamides is 1. The zero-order valence-corrected chi connectivity index (χ0v) is 22.2. The van der Waals surface area contributed by atoms with E-state index in [-0.39, 0.29) is 11.5 Å². The van der Waals surface area contributed by atoms with Crippen LogP contribution in [0.1, 0.15) is 58.9 Å². The molecule has 8 heteroatoms. The molecule has 2 N–H and O–H groups in total. The normalized spacial score (nSPS) is 11.9. The summed E-state index contributed by atoms with van der Waals surface area (Å²) >= 11 is 0. The van der Waals surface area contributed by atoms with E-state index in [4.69, 9.17) is 4.74 Å². The summed E-state index contributed by atoms with van der Waals surface area (Å²) < 4.78 is 35.4. The van der Waals surface area contributed by atoms with Crippen LogP contribution in [0.3, 0.4) is 0 Å². The van der Waals surface area contributed by atoms with Gasteiger partial charge in [0.15, 0.2) is 5.75 Å². The first-order chi connectivity index (χ1) is 16.9. The lowest BCUT2D eigenvalue weighted by atomic mass is 10.1. The van der Waals surface area contributed by atoms with Crippen LogP contribution in [0.2, 0.25) is 0 Å². The Labute approximate surface area is 209 Å². The van der Waals surface area contributed by atoms with E-state index in [0.717, 1.165) is 49.7 Å². The summed E-state index contributed by atoms with van der Waals surface area (Å²) in [5, 5.41) is 11.0. The maximum Gasteiger partial charge on any atom is 0.246 e. The Morgan fingerprint density at radius 2 is 1.63 bits per heavy atom. The number of fused-ring (bicyclic) bond motifs is 1. The molecular formula is C27H39N3O4S. The van der Waals surface area contributed by atoms with Gasteiger partial charge in [-0.05, 0) is 54.8 Å². The van der Waals surface area contributed by atoms with E-state index in [1.165, 1.54) is 4.31 Å². The minimum absolute atomic E-state index is 0.0925. The van der Waals surface area contributed by atoms with Crippen molar-refractivity contribution in [1.29, 1.82) is 0 Å². The SMILES string of the molecule is CCCCN(CCCC)c1cc(CO)cc(S(=O)(=O)N(CC)CC)c1Oc1ccc2[nH]ccc2c1. The highest BCUT2D eigenvalue weighted by Gasteiger charge is 2.30. The van der Waals surface area contributed by atoms with Gasteiger partial charge in [-0.3, -0.25) is 0 Å². The number of nitrogens with one attached hydrogen (secondary N) is 1. The quantitative estimate of drug-likeness (QED) is 0.288. The van der Waals surface area contributed by atoms with Crippen LogP contribution in [0.5, 0.6) is 11.5 Å². The first kappa shape index (κ1) is 27.0. The van der Waals surface area contributed by atoms with Crippen LogP contribution in [0.15, 0.2) is 47.5 Å². The fraction of sp³-hybridized carbons (Fsp3) is 0.481. The Bertz CT molecular complexity index is 1190. The van der Waals surface area contributed by atoms with E-state index < -0.39 is 10.0 Å². The number of benzene rings is 2. The summed E-state index contributed by atoms with van der Waals surface area (Å²) in [5.74, 6) is 0.883. The molecule has 0 amide bonds. The highest BCUT2D eigenvalue weighted by molar-refractivity contribution is 7.89. The molecule has 0 atom stereocenters. The van der Waals surface area contributed by atoms with Crippen LogP contribution in [0.25, 0.3) is 10.9 Å². The number of hydrogen-bond donors (Lipinski definition) is 2. The van der Waals surface area contributed by atoms with Gasteiger partial charge in [0.05, 0.1) is 12.3 Å². The standard InChI is InChI=1S/C27H39N3O4S/c1-5-9-15-29(16-10-6-2)25-17-21(20-31)18-26(35(32,33)30(7-3)8-4)27(25)34-23-11-12-24-22(19-23)13-14-28-24/h11-14,17-19,28,31H,5-10,15-16,20H2,1-4H3. The molecule has 0 fully saturated rings. The third kappa shape index (κ3) is 6.18. The Morgan fingerprint density at radius 1 is 0.943 bits per heavy atom. The molecule has 0 saturated heterocycles. The number of H-pyrrole nitrogens is 1. The van der Waals surface area contributed by atoms with Gasteiger partial charge in [-0.15, -0.1) is 0 Å². The predicted octanol–water partition coefficient (Wildman–Crippen LogP) is 5.89. The van der Waals surface area contributed by atoms with Crippen LogP contribution in [0.4, 0.5) is 5.69 Å². The zero-order valence-electron chi connectivity index (χ0n) is 21.4. The van der Waals surface area contributed by atoms with Gasteiger partial charge in [-0.2, -0.15) is 4.31 Å². The topological polar surface area (TPSA) is 85.9 Å². The molecule has 0 aliphatic heterocycles. The lowest BCUT2D eigenvalue weighted by Crippen LogP contribution is -2.32. The Balaban J connectivity index is 2.24. The molecule has 0 radical (unpaired) electrons. The molecule has 0 aliphatic carbocycles. The highest BCUT2D eigenvalue weighted by atomic mass is 32.2. The zero-order chi connectivity index (χ0) is 25.4. The summed E-state index contributed by atoms with van der Waals surface area (Å²) in [5.41, 5.74) is 2.24. The van der Waals surface area contributed by atoms with Crippen LogP contribution < -0.4 is 9.64 Å². The van der Waals surface area contributed by atoms with E-state index in [1.807, 2.05) is 50.4 Å². The number of aliphatic hydroxyl groups excluding tert-OH is 1. The van der Waals surface area contributed by atoms with Crippen LogP contribution >= 0.6 is 0 Å². The van der Waals surface area contributed by atoms with E-state index in [1.54, 1.807) is 6.07 Å². The molecule has 0 bridgehead atoms. The molecule has 1 aromatic heterocycles. The van der Waals surface area contributed by atoms with Gasteiger partial charge in [0, 0.05) is 43.3 Å². The summed E-state index contributed by atoms with van der Waals surface area (Å²) in [6, 6.07) is 11.1. The number of aromatic nitrogens is 1. The van der Waals surface area contributed by atoms with E-state index in [0.29, 0.717) is 35.8 Å². The molecule has 3 aromatic rings. The monoisotopic (exact) mass is 501 g/mol. The molecule has 35 heavy (non-hydrogen) atoms. The van der Waals surface area contributed by atoms with Gasteiger partial charge < -0.3 is 19.7 Å². The summed E-state index contributed by atoms with van der Waals surface area (Å²) in [4.78, 5) is 5.47. The van der Waals surface area contributed by atoms with Crippen molar-refractivity contribution >= 4 is 26.6 Å². The van der Waals surface area contributed by atoms with Crippen molar-refractivity contribution in [2.45, 2.75) is 64.9 Å². The average molecular weight is 502 g/mol. The first-order valence-electron chi connectivity index (χ1n) is 12.7. The number of unbranched alkanes of at least 4 members (excludes halogenated alkanes) is 2. The van der Waals surface area contributed by atoms with Gasteiger partial charge in [0.1, 0.15) is 10.6 Å². The molecule has 0 unspecified atom stereocenters. The average Bonchev–Trinajstić information content (AvgIpc) is 3.33. The van der Waals surface area contributed by atoms with Crippen molar-refractivity contribution < 1.29 is 18.3 Å². The van der Waals surface area contributed by atoms with Gasteiger partial charge in [-0.25, -0.2) is 8.42 Å². The molecule has 0 spiro atoms. The lowest BCUT2D eigenvalue weighted by molar-refractivity contribution is 0.281. The largest absolute Gasteiger partial charge is 0.454 e. The number of hydrogen-bond acceptors (Lipinski definition) is 5. The second-order valence-electron chi connectivity index (χ2n) is 8.71. The molecule has 3 rings (SSSR count). The molecule has 1 heterocycles. The number of ether oxygens (including phenoxy) is 1. The van der Waals surface area contributed by atoms with Crippen molar-refractivity contribution in [2.24, 2.45) is 0 Å². The van der Waals surface area contributed by atoms with Crippen molar-refractivity contribution in [3.8, 4) is 11.5 Å². The van der Waals surface area contributed by atoms with Crippen molar-refractivity contribution in [2.75, 3.05) is 31.1 Å². The smallest absolute Gasteiger partial charge is 0.246 e. The molecular weight excluding hydrogens is 462 g/mol. The molecule has 192 valence electrons. The fourth-order valence-electron chi connectivity index (χ4n) is 4.23. The van der Waals surface area contributed by atoms with Crippen molar-refractivity contribution in [3.05, 3.63) is 48.2 Å². The Morgan fingerprint density at radius 3 is 2.23 bits per heavy atom. The predicted molar refractivity (Wildman–Crippen MR) is 143 cm³/mol. The molecule has 0 saturated carbocycles. The number of anilines is 1.